The van der Waals surface area contributed by atoms with Crippen molar-refractivity contribution in [3.8, 4) is 0 Å². The van der Waals surface area contributed by atoms with Crippen molar-refractivity contribution in [1.29, 1.82) is 0 Å². The molecule has 88 valence electrons. The SMILES string of the molecule is CC(F)(Cc1ccccc1)C1CCCCN1. The molecule has 0 aromatic heterocycles. The van der Waals surface area contributed by atoms with Gasteiger partial charge in [-0.25, -0.2) is 4.39 Å². The number of hydrogen-bond donors (Lipinski definition) is 1. The number of halogens is 1. The lowest BCUT2D eigenvalue weighted by atomic mass is 9.86. The number of alkyl halides is 1. The van der Waals surface area contributed by atoms with Crippen LogP contribution in [0.2, 0.25) is 0 Å². The smallest absolute Gasteiger partial charge is 0.127 e. The predicted molar refractivity (Wildman–Crippen MR) is 65.3 cm³/mol. The molecule has 0 bridgehead atoms. The monoisotopic (exact) mass is 221 g/mol. The Morgan fingerprint density at radius 3 is 2.69 bits per heavy atom. The van der Waals surface area contributed by atoms with Gasteiger partial charge in [0.05, 0.1) is 0 Å². The number of nitrogens with one attached hydrogen (secondary N) is 1. The number of rotatable bonds is 3. The minimum atomic E-state index is -1.14. The van der Waals surface area contributed by atoms with Crippen molar-refractivity contribution in [3.05, 3.63) is 35.9 Å². The van der Waals surface area contributed by atoms with E-state index in [1.54, 1.807) is 6.92 Å². The highest BCUT2D eigenvalue weighted by molar-refractivity contribution is 5.17. The molecular formula is C14H20FN. The van der Waals surface area contributed by atoms with Gasteiger partial charge in [-0.15, -0.1) is 0 Å². The van der Waals surface area contributed by atoms with Crippen LogP contribution in [0.1, 0.15) is 31.7 Å². The van der Waals surface area contributed by atoms with Gasteiger partial charge in [-0.05, 0) is 31.9 Å². The van der Waals surface area contributed by atoms with Crippen LogP contribution >= 0.6 is 0 Å². The number of piperidine rings is 1. The largest absolute Gasteiger partial charge is 0.311 e. The van der Waals surface area contributed by atoms with Crippen LogP contribution in [0.15, 0.2) is 30.3 Å². The van der Waals surface area contributed by atoms with Crippen molar-refractivity contribution in [1.82, 2.24) is 5.32 Å². The van der Waals surface area contributed by atoms with Gasteiger partial charge < -0.3 is 5.32 Å². The maximum absolute atomic E-state index is 14.6. The van der Waals surface area contributed by atoms with Crippen LogP contribution in [0, 0.1) is 0 Å². The highest BCUT2D eigenvalue weighted by Crippen LogP contribution is 2.26. The Morgan fingerprint density at radius 2 is 2.06 bits per heavy atom. The molecule has 2 unspecified atom stereocenters. The van der Waals surface area contributed by atoms with Gasteiger partial charge in [0.2, 0.25) is 0 Å². The molecule has 1 nitrogen and oxygen atoms in total. The average Bonchev–Trinajstić information content (AvgIpc) is 2.31. The van der Waals surface area contributed by atoms with E-state index < -0.39 is 5.67 Å². The van der Waals surface area contributed by atoms with Crippen LogP contribution in [0.3, 0.4) is 0 Å². The Balaban J connectivity index is 2.01. The van der Waals surface area contributed by atoms with Gasteiger partial charge in [-0.3, -0.25) is 0 Å². The predicted octanol–water partition coefficient (Wildman–Crippen LogP) is 3.10. The van der Waals surface area contributed by atoms with E-state index in [9.17, 15) is 4.39 Å². The van der Waals surface area contributed by atoms with Crippen molar-refractivity contribution in [2.45, 2.75) is 44.3 Å². The molecule has 2 atom stereocenters. The zero-order valence-electron chi connectivity index (χ0n) is 9.88. The summed E-state index contributed by atoms with van der Waals surface area (Å²) in [6.07, 6.45) is 3.79. The summed E-state index contributed by atoms with van der Waals surface area (Å²) < 4.78 is 14.6. The fourth-order valence-corrected chi connectivity index (χ4v) is 2.48. The average molecular weight is 221 g/mol. The molecule has 1 N–H and O–H groups in total. The maximum Gasteiger partial charge on any atom is 0.127 e. The minimum Gasteiger partial charge on any atom is -0.311 e. The van der Waals surface area contributed by atoms with Gasteiger partial charge in [-0.2, -0.15) is 0 Å². The van der Waals surface area contributed by atoms with Crippen LogP contribution in [0.5, 0.6) is 0 Å². The fraction of sp³-hybridized carbons (Fsp3) is 0.571. The Bertz CT molecular complexity index is 315. The Morgan fingerprint density at radius 1 is 1.31 bits per heavy atom. The summed E-state index contributed by atoms with van der Waals surface area (Å²) in [7, 11) is 0. The molecular weight excluding hydrogens is 201 g/mol. The third kappa shape index (κ3) is 2.82. The summed E-state index contributed by atoms with van der Waals surface area (Å²) in [4.78, 5) is 0. The van der Waals surface area contributed by atoms with Gasteiger partial charge in [0.1, 0.15) is 5.67 Å². The fourth-order valence-electron chi connectivity index (χ4n) is 2.48. The second kappa shape index (κ2) is 4.96. The van der Waals surface area contributed by atoms with Crippen molar-refractivity contribution in [3.63, 3.8) is 0 Å². The molecule has 1 aromatic rings. The van der Waals surface area contributed by atoms with Gasteiger partial charge in [0.15, 0.2) is 0 Å². The Labute approximate surface area is 97.1 Å². The zero-order chi connectivity index (χ0) is 11.4. The van der Waals surface area contributed by atoms with Crippen molar-refractivity contribution >= 4 is 0 Å². The van der Waals surface area contributed by atoms with Crippen LogP contribution < -0.4 is 5.32 Å². The van der Waals surface area contributed by atoms with E-state index in [0.717, 1.165) is 24.9 Å². The normalized spacial score (nSPS) is 25.0. The van der Waals surface area contributed by atoms with Gasteiger partial charge in [0, 0.05) is 12.5 Å². The van der Waals surface area contributed by atoms with Gasteiger partial charge >= 0.3 is 0 Å². The van der Waals surface area contributed by atoms with E-state index in [1.165, 1.54) is 6.42 Å². The van der Waals surface area contributed by atoms with E-state index >= 15 is 0 Å². The first kappa shape index (κ1) is 11.6. The molecule has 2 rings (SSSR count). The summed E-state index contributed by atoms with van der Waals surface area (Å²) in [5.41, 5.74) is -0.0539. The number of benzene rings is 1. The lowest BCUT2D eigenvalue weighted by Gasteiger charge is -2.34. The van der Waals surface area contributed by atoms with Crippen molar-refractivity contribution in [2.24, 2.45) is 0 Å². The molecule has 0 aliphatic carbocycles. The standard InChI is InChI=1S/C14H20FN/c1-14(15,13-9-5-6-10-16-13)11-12-7-3-2-4-8-12/h2-4,7-8,13,16H,5-6,9-11H2,1H3. The quantitative estimate of drug-likeness (QED) is 0.827. The molecule has 1 aliphatic heterocycles. The van der Waals surface area contributed by atoms with Crippen molar-refractivity contribution in [2.75, 3.05) is 6.54 Å². The molecule has 0 spiro atoms. The van der Waals surface area contributed by atoms with E-state index in [1.807, 2.05) is 30.3 Å². The molecule has 1 aliphatic rings. The summed E-state index contributed by atoms with van der Waals surface area (Å²) in [6, 6.07) is 9.93. The maximum atomic E-state index is 14.6. The molecule has 16 heavy (non-hydrogen) atoms. The highest BCUT2D eigenvalue weighted by atomic mass is 19.1. The van der Waals surface area contributed by atoms with Crippen LogP contribution in [0.25, 0.3) is 0 Å². The molecule has 1 heterocycles. The summed E-state index contributed by atoms with van der Waals surface area (Å²) in [5.74, 6) is 0. The lowest BCUT2D eigenvalue weighted by Crippen LogP contribution is -2.49. The first-order valence-corrected chi connectivity index (χ1v) is 6.15. The zero-order valence-corrected chi connectivity index (χ0v) is 9.88. The molecule has 0 saturated carbocycles. The number of hydrogen-bond acceptors (Lipinski definition) is 1. The summed E-state index contributed by atoms with van der Waals surface area (Å²) in [5, 5.41) is 3.30. The van der Waals surface area contributed by atoms with Crippen LogP contribution in [-0.4, -0.2) is 18.3 Å². The second-order valence-corrected chi connectivity index (χ2v) is 4.94. The first-order chi connectivity index (χ1) is 7.68. The van der Waals surface area contributed by atoms with E-state index in [0.29, 0.717) is 6.42 Å². The highest BCUT2D eigenvalue weighted by Gasteiger charge is 2.34. The third-order valence-electron chi connectivity index (χ3n) is 3.43. The third-order valence-corrected chi connectivity index (χ3v) is 3.43. The lowest BCUT2D eigenvalue weighted by molar-refractivity contribution is 0.109. The minimum absolute atomic E-state index is 0.0152. The molecule has 1 saturated heterocycles. The van der Waals surface area contributed by atoms with Crippen molar-refractivity contribution < 1.29 is 4.39 Å². The molecule has 1 aromatic carbocycles. The topological polar surface area (TPSA) is 12.0 Å². The second-order valence-electron chi connectivity index (χ2n) is 4.94. The Hall–Kier alpha value is -0.890. The van der Waals surface area contributed by atoms with Gasteiger partial charge in [-0.1, -0.05) is 36.8 Å². The summed E-state index contributed by atoms with van der Waals surface area (Å²) >= 11 is 0. The summed E-state index contributed by atoms with van der Waals surface area (Å²) in [6.45, 7) is 2.68. The van der Waals surface area contributed by atoms with E-state index in [2.05, 4.69) is 5.32 Å². The van der Waals surface area contributed by atoms with E-state index in [-0.39, 0.29) is 6.04 Å². The molecule has 2 heteroatoms. The Kier molecular flexibility index (Phi) is 3.59. The van der Waals surface area contributed by atoms with Crippen LogP contribution in [-0.2, 0) is 6.42 Å². The molecule has 0 amide bonds. The molecule has 0 radical (unpaired) electrons. The first-order valence-electron chi connectivity index (χ1n) is 6.15. The van der Waals surface area contributed by atoms with E-state index in [4.69, 9.17) is 0 Å². The van der Waals surface area contributed by atoms with Gasteiger partial charge in [0.25, 0.3) is 0 Å². The molecule has 1 fully saturated rings. The van der Waals surface area contributed by atoms with Crippen LogP contribution in [0.4, 0.5) is 4.39 Å².